The number of hydrogen-bond donors (Lipinski definition) is 4. The van der Waals surface area contributed by atoms with Crippen molar-refractivity contribution < 1.29 is 27.7 Å². The van der Waals surface area contributed by atoms with Gasteiger partial charge in [-0.3, -0.25) is 9.52 Å². The third-order valence-electron chi connectivity index (χ3n) is 8.14. The Balaban J connectivity index is 1.58. The first-order valence-corrected chi connectivity index (χ1v) is 16.7. The highest BCUT2D eigenvalue weighted by atomic mass is 32.2. The lowest BCUT2D eigenvalue weighted by Gasteiger charge is -2.43. The molecule has 2 bridgehead atoms. The smallest absolute Gasteiger partial charge is 0.432 e. The van der Waals surface area contributed by atoms with Gasteiger partial charge in [0.15, 0.2) is 5.84 Å². The Bertz CT molecular complexity index is 1340. The van der Waals surface area contributed by atoms with Crippen LogP contribution in [0.3, 0.4) is 0 Å². The van der Waals surface area contributed by atoms with Crippen LogP contribution in [0.15, 0.2) is 34.3 Å². The number of amides is 1. The number of rotatable bonds is 7. The van der Waals surface area contributed by atoms with Gasteiger partial charge < -0.3 is 15.3 Å². The molecule has 2 aliphatic carbocycles. The van der Waals surface area contributed by atoms with Gasteiger partial charge in [0.25, 0.3) is 5.91 Å². The molecule has 4 unspecified atom stereocenters. The van der Waals surface area contributed by atoms with E-state index in [1.165, 1.54) is 6.07 Å². The Morgan fingerprint density at radius 1 is 1.32 bits per heavy atom. The van der Waals surface area contributed by atoms with Crippen LogP contribution in [-0.2, 0) is 19.3 Å². The summed E-state index contributed by atoms with van der Waals surface area (Å²) in [4.78, 5) is 27.6. The van der Waals surface area contributed by atoms with Crippen molar-refractivity contribution in [2.24, 2.45) is 22.0 Å². The van der Waals surface area contributed by atoms with Gasteiger partial charge >= 0.3 is 7.87 Å². The van der Waals surface area contributed by atoms with Gasteiger partial charge in [0, 0.05) is 12.6 Å². The highest BCUT2D eigenvalue weighted by Crippen LogP contribution is 2.62. The van der Waals surface area contributed by atoms with E-state index in [0.29, 0.717) is 23.5 Å². The number of amidine groups is 1. The first-order valence-electron chi connectivity index (χ1n) is 13.2. The highest BCUT2D eigenvalue weighted by Gasteiger charge is 2.64. The lowest BCUT2D eigenvalue weighted by atomic mass is 9.78. The molecule has 1 aromatic carbocycles. The number of fused-ring (bicyclic) bond motifs is 4. The molecule has 4 aliphatic rings. The summed E-state index contributed by atoms with van der Waals surface area (Å²) in [7, 11) is -7.19. The molecule has 2 saturated carbocycles. The van der Waals surface area contributed by atoms with Crippen LogP contribution in [0, 0.1) is 17.3 Å². The predicted octanol–water partition coefficient (Wildman–Crippen LogP) is 3.95. The maximum Gasteiger partial charge on any atom is 0.432 e. The molecule has 1 amide bonds. The quantitative estimate of drug-likeness (QED) is 0.367. The number of carbonyl (C=O) groups is 1. The number of sulfonamides is 1. The second-order valence-electron chi connectivity index (χ2n) is 12.1. The van der Waals surface area contributed by atoms with Crippen LogP contribution in [-0.4, -0.2) is 60.0 Å². The van der Waals surface area contributed by atoms with Crippen molar-refractivity contribution in [1.29, 1.82) is 0 Å². The Morgan fingerprint density at radius 2 is 2.05 bits per heavy atom. The highest BCUT2D eigenvalue weighted by molar-refractivity contribution is 7.92. The maximum atomic E-state index is 14.1. The third-order valence-corrected chi connectivity index (χ3v) is 10.8. The molecular formula is C26H38N4O6PS+. The van der Waals surface area contributed by atoms with Crippen LogP contribution in [0.5, 0.6) is 0 Å². The first-order chi connectivity index (χ1) is 17.7. The van der Waals surface area contributed by atoms with Crippen molar-refractivity contribution >= 4 is 46.3 Å². The Labute approximate surface area is 225 Å². The summed E-state index contributed by atoms with van der Waals surface area (Å²) in [6.45, 7) is 8.81. The molecule has 4 atom stereocenters. The van der Waals surface area contributed by atoms with E-state index in [0.717, 1.165) is 38.4 Å². The third kappa shape index (κ3) is 4.61. The van der Waals surface area contributed by atoms with Gasteiger partial charge in [0.05, 0.1) is 24.2 Å². The minimum absolute atomic E-state index is 0.00939. The number of aliphatic hydroxyl groups excluding tert-OH is 1. The van der Waals surface area contributed by atoms with Gasteiger partial charge in [0.2, 0.25) is 15.3 Å². The van der Waals surface area contributed by atoms with Crippen molar-refractivity contribution in [2.75, 3.05) is 29.4 Å². The largest absolute Gasteiger partial charge is 0.509 e. The van der Waals surface area contributed by atoms with E-state index in [-0.39, 0.29) is 46.7 Å². The second-order valence-corrected chi connectivity index (χ2v) is 15.9. The molecule has 1 aromatic rings. The van der Waals surface area contributed by atoms with E-state index in [9.17, 15) is 23.2 Å². The molecule has 208 valence electrons. The summed E-state index contributed by atoms with van der Waals surface area (Å²) in [5.74, 6) is 0.510. The zero-order valence-corrected chi connectivity index (χ0v) is 24.3. The van der Waals surface area contributed by atoms with Gasteiger partial charge in [-0.05, 0) is 73.2 Å². The Kier molecular flexibility index (Phi) is 6.61. The molecule has 2 heterocycles. The molecule has 0 saturated heterocycles. The fraction of sp³-hybridized carbons (Fsp3) is 0.615. The minimum Gasteiger partial charge on any atom is -0.509 e. The minimum atomic E-state index is -3.65. The fourth-order valence-corrected chi connectivity index (χ4v) is 8.93. The van der Waals surface area contributed by atoms with E-state index in [1.54, 1.807) is 19.1 Å². The Morgan fingerprint density at radius 3 is 2.63 bits per heavy atom. The van der Waals surface area contributed by atoms with Gasteiger partial charge in [-0.2, -0.15) is 9.42 Å². The fourth-order valence-electron chi connectivity index (χ4n) is 6.53. The average molecular weight is 566 g/mol. The standard InChI is InChI=1S/C26H37N4O6PS/c1-6-36-37(33)20-14-18(29-38(5,34)35)9-10-19(20)27-23(28-37)21-22(31)26(15-16-7-8-17(26)13-16)30(24(21)32)12-11-25(2,3)4/h9-10,14,16-17,29,33H,6-8,11-13,15H2,1-5H3,(H-,27,28,31,32)/p+1. The zero-order chi connectivity index (χ0) is 27.7. The lowest BCUT2D eigenvalue weighted by molar-refractivity contribution is -0.131. The number of anilines is 2. The topological polar surface area (TPSA) is 141 Å². The lowest BCUT2D eigenvalue weighted by Crippen LogP contribution is -2.53. The Hall–Kier alpha value is -2.20. The summed E-state index contributed by atoms with van der Waals surface area (Å²) in [5.41, 5.74) is 0.0691. The molecule has 38 heavy (non-hydrogen) atoms. The van der Waals surface area contributed by atoms with Crippen LogP contribution in [0.1, 0.15) is 59.8 Å². The van der Waals surface area contributed by atoms with Gasteiger partial charge in [0.1, 0.15) is 16.9 Å². The number of nitrogens with zero attached hydrogens (tertiary/aromatic N) is 2. The van der Waals surface area contributed by atoms with Crippen molar-refractivity contribution in [1.82, 2.24) is 4.90 Å². The first kappa shape index (κ1) is 27.4. The zero-order valence-electron chi connectivity index (χ0n) is 22.6. The molecule has 1 spiro atoms. The number of aliphatic hydroxyl groups is 1. The van der Waals surface area contributed by atoms with Gasteiger partial charge in [-0.25, -0.2) is 8.42 Å². The molecule has 5 rings (SSSR count). The number of benzene rings is 1. The molecule has 4 N–H and O–H groups in total. The SMILES string of the molecule is CCO[P+]1(O)N=C(C2=C(O)C3(CC4CCC3C4)N(CCC(C)(C)C)C2=O)Nc2ccc(NS(C)(=O)=O)cc21. The summed E-state index contributed by atoms with van der Waals surface area (Å²) < 4.78 is 36.2. The van der Waals surface area contributed by atoms with Crippen molar-refractivity contribution in [3.63, 3.8) is 0 Å². The number of hydrogen-bond acceptors (Lipinski definition) is 8. The summed E-state index contributed by atoms with van der Waals surface area (Å²) in [5, 5.41) is 15.3. The molecule has 0 radical (unpaired) electrons. The molecule has 2 aliphatic heterocycles. The van der Waals surface area contributed by atoms with E-state index in [2.05, 4.69) is 35.6 Å². The normalized spacial score (nSPS) is 30.6. The average Bonchev–Trinajstić information content (AvgIpc) is 3.45. The van der Waals surface area contributed by atoms with Crippen LogP contribution in [0.25, 0.3) is 0 Å². The van der Waals surface area contributed by atoms with E-state index in [4.69, 9.17) is 4.52 Å². The second kappa shape index (κ2) is 9.18. The van der Waals surface area contributed by atoms with E-state index < -0.39 is 23.4 Å². The molecule has 10 nitrogen and oxygen atoms in total. The van der Waals surface area contributed by atoms with Crippen LogP contribution >= 0.6 is 7.87 Å². The molecule has 12 heteroatoms. The summed E-state index contributed by atoms with van der Waals surface area (Å²) >= 11 is 0. The van der Waals surface area contributed by atoms with Gasteiger partial charge in [-0.1, -0.05) is 20.8 Å². The van der Waals surface area contributed by atoms with Crippen LogP contribution < -0.4 is 15.3 Å². The molecule has 0 aromatic heterocycles. The summed E-state index contributed by atoms with van der Waals surface area (Å²) in [6.07, 6.45) is 5.64. The predicted molar refractivity (Wildman–Crippen MR) is 150 cm³/mol. The van der Waals surface area contributed by atoms with Crippen molar-refractivity contribution in [3.8, 4) is 0 Å². The van der Waals surface area contributed by atoms with Crippen LogP contribution in [0.2, 0.25) is 0 Å². The maximum absolute atomic E-state index is 14.1. The number of carbonyl (C=O) groups excluding carboxylic acids is 1. The van der Waals surface area contributed by atoms with Crippen molar-refractivity contribution in [3.05, 3.63) is 29.5 Å². The van der Waals surface area contributed by atoms with Crippen LogP contribution in [0.4, 0.5) is 11.4 Å². The van der Waals surface area contributed by atoms with Crippen molar-refractivity contribution in [2.45, 2.75) is 65.3 Å². The monoisotopic (exact) mass is 565 g/mol. The van der Waals surface area contributed by atoms with Gasteiger partial charge in [-0.15, -0.1) is 0 Å². The number of nitrogens with one attached hydrogen (secondary N) is 2. The van der Waals surface area contributed by atoms with E-state index in [1.807, 2.05) is 4.90 Å². The molecule has 2 fully saturated rings. The summed E-state index contributed by atoms with van der Waals surface area (Å²) in [6, 6.07) is 4.66. The molecular weight excluding hydrogens is 527 g/mol. The van der Waals surface area contributed by atoms with E-state index >= 15 is 0 Å².